The molecule has 4 rings (SSSR count). The summed E-state index contributed by atoms with van der Waals surface area (Å²) >= 11 is 4.77. The fourth-order valence-corrected chi connectivity index (χ4v) is 3.58. The van der Waals surface area contributed by atoms with E-state index in [0.29, 0.717) is 4.96 Å². The first-order chi connectivity index (χ1) is 11.1. The maximum Gasteiger partial charge on any atom is 0.271 e. The van der Waals surface area contributed by atoms with Crippen LogP contribution in [-0.4, -0.2) is 15.3 Å². The first-order valence-corrected chi connectivity index (χ1v) is 8.80. The van der Waals surface area contributed by atoms with Crippen molar-refractivity contribution in [3.05, 3.63) is 68.0 Å². The van der Waals surface area contributed by atoms with Gasteiger partial charge in [0, 0.05) is 22.2 Å². The van der Waals surface area contributed by atoms with Gasteiger partial charge in [0.2, 0.25) is 0 Å². The second-order valence-corrected chi connectivity index (χ2v) is 7.36. The number of halogens is 1. The molecule has 1 N–H and O–H groups in total. The maximum absolute atomic E-state index is 12.6. The number of rotatable bonds is 3. The number of fused-ring (bicyclic) bond motifs is 1. The second-order valence-electron chi connectivity index (χ2n) is 5.58. The van der Waals surface area contributed by atoms with Gasteiger partial charge in [-0.2, -0.15) is 0 Å². The lowest BCUT2D eigenvalue weighted by atomic mass is 10.0. The molecule has 1 saturated carbocycles. The van der Waals surface area contributed by atoms with Crippen molar-refractivity contribution in [1.82, 2.24) is 14.7 Å². The predicted molar refractivity (Wildman–Crippen MR) is 91.9 cm³/mol. The molecular formula is C16H12BrN3O2S. The highest BCUT2D eigenvalue weighted by molar-refractivity contribution is 9.10. The van der Waals surface area contributed by atoms with Crippen LogP contribution in [0.1, 0.15) is 28.8 Å². The Morgan fingerprint density at radius 1 is 1.30 bits per heavy atom. The van der Waals surface area contributed by atoms with E-state index >= 15 is 0 Å². The predicted octanol–water partition coefficient (Wildman–Crippen LogP) is 2.94. The Morgan fingerprint density at radius 3 is 2.74 bits per heavy atom. The van der Waals surface area contributed by atoms with Gasteiger partial charge in [0.15, 0.2) is 4.96 Å². The van der Waals surface area contributed by atoms with Crippen LogP contribution in [0.4, 0.5) is 0 Å². The molecule has 1 aromatic carbocycles. The molecule has 1 aliphatic carbocycles. The summed E-state index contributed by atoms with van der Waals surface area (Å²) in [7, 11) is 0. The lowest BCUT2D eigenvalue weighted by Crippen LogP contribution is -2.38. The highest BCUT2D eigenvalue weighted by Gasteiger charge is 2.46. The highest BCUT2D eigenvalue weighted by atomic mass is 79.9. The number of hydrogen-bond acceptors (Lipinski definition) is 4. The minimum absolute atomic E-state index is 0.0734. The number of nitrogens with zero attached hydrogens (tertiary/aromatic N) is 2. The van der Waals surface area contributed by atoms with Crippen molar-refractivity contribution in [1.29, 1.82) is 0 Å². The molecule has 0 saturated heterocycles. The number of amides is 1. The van der Waals surface area contributed by atoms with E-state index < -0.39 is 0 Å². The SMILES string of the molecule is O=C(NC1(c2ccc(Br)cc2)CC1)c1cnc2sccn2c1=O. The molecule has 5 nitrogen and oxygen atoms in total. The van der Waals surface area contributed by atoms with Gasteiger partial charge in [0.1, 0.15) is 5.56 Å². The van der Waals surface area contributed by atoms with Crippen LogP contribution in [0, 0.1) is 0 Å². The summed E-state index contributed by atoms with van der Waals surface area (Å²) in [5.41, 5.74) is 0.432. The molecule has 116 valence electrons. The van der Waals surface area contributed by atoms with Gasteiger partial charge in [-0.25, -0.2) is 4.98 Å². The van der Waals surface area contributed by atoms with E-state index in [1.54, 1.807) is 11.6 Å². The van der Waals surface area contributed by atoms with Crippen LogP contribution >= 0.6 is 27.3 Å². The van der Waals surface area contributed by atoms with Crippen LogP contribution in [-0.2, 0) is 5.54 Å². The van der Waals surface area contributed by atoms with Crippen LogP contribution in [0.15, 0.2) is 51.3 Å². The Morgan fingerprint density at radius 2 is 2.04 bits per heavy atom. The topological polar surface area (TPSA) is 63.5 Å². The van der Waals surface area contributed by atoms with Crippen LogP contribution in [0.3, 0.4) is 0 Å². The van der Waals surface area contributed by atoms with E-state index in [1.165, 1.54) is 21.9 Å². The lowest BCUT2D eigenvalue weighted by molar-refractivity contribution is 0.0928. The van der Waals surface area contributed by atoms with Crippen molar-refractivity contribution >= 4 is 38.1 Å². The molecule has 7 heteroatoms. The van der Waals surface area contributed by atoms with Crippen molar-refractivity contribution in [3.8, 4) is 0 Å². The van der Waals surface area contributed by atoms with Gasteiger partial charge in [-0.15, -0.1) is 11.3 Å². The smallest absolute Gasteiger partial charge is 0.271 e. The number of benzene rings is 1. The number of thiazole rings is 1. The normalized spacial score (nSPS) is 15.5. The van der Waals surface area contributed by atoms with E-state index in [9.17, 15) is 9.59 Å². The van der Waals surface area contributed by atoms with Crippen molar-refractivity contribution in [2.24, 2.45) is 0 Å². The molecule has 1 fully saturated rings. The summed E-state index contributed by atoms with van der Waals surface area (Å²) < 4.78 is 2.40. The molecule has 3 aromatic rings. The lowest BCUT2D eigenvalue weighted by Gasteiger charge is -2.18. The van der Waals surface area contributed by atoms with Crippen molar-refractivity contribution in [2.75, 3.05) is 0 Å². The first kappa shape index (κ1) is 14.6. The first-order valence-electron chi connectivity index (χ1n) is 7.12. The summed E-state index contributed by atoms with van der Waals surface area (Å²) in [5.74, 6) is -0.372. The standard InChI is InChI=1S/C16H12BrN3O2S/c17-11-3-1-10(2-4-11)16(5-6-16)19-13(21)12-9-18-15-20(14(12)22)7-8-23-15/h1-4,7-9H,5-6H2,(H,19,21). The van der Waals surface area contributed by atoms with Crippen LogP contribution in [0.5, 0.6) is 0 Å². The van der Waals surface area contributed by atoms with Crippen molar-refractivity contribution in [2.45, 2.75) is 18.4 Å². The number of hydrogen-bond donors (Lipinski definition) is 1. The molecule has 23 heavy (non-hydrogen) atoms. The van der Waals surface area contributed by atoms with E-state index in [4.69, 9.17) is 0 Å². The van der Waals surface area contributed by atoms with E-state index in [1.807, 2.05) is 24.3 Å². The largest absolute Gasteiger partial charge is 0.342 e. The minimum atomic E-state index is -0.372. The van der Waals surface area contributed by atoms with Gasteiger partial charge in [0.25, 0.3) is 11.5 Å². The average Bonchev–Trinajstić information content (AvgIpc) is 3.14. The van der Waals surface area contributed by atoms with E-state index in [2.05, 4.69) is 26.2 Å². The molecule has 0 unspecified atom stereocenters. The summed E-state index contributed by atoms with van der Waals surface area (Å²) in [6.07, 6.45) is 4.74. The number of carbonyl (C=O) groups excluding carboxylic acids is 1. The molecule has 2 aromatic heterocycles. The van der Waals surface area contributed by atoms with Gasteiger partial charge in [-0.3, -0.25) is 14.0 Å². The third-order valence-electron chi connectivity index (χ3n) is 4.09. The quantitative estimate of drug-likeness (QED) is 0.748. The maximum atomic E-state index is 12.6. The van der Waals surface area contributed by atoms with Crippen LogP contribution < -0.4 is 10.9 Å². The molecule has 0 bridgehead atoms. The molecule has 0 spiro atoms. The number of carbonyl (C=O) groups is 1. The van der Waals surface area contributed by atoms with Gasteiger partial charge < -0.3 is 5.32 Å². The molecule has 1 amide bonds. The average molecular weight is 390 g/mol. The number of nitrogens with one attached hydrogen (secondary N) is 1. The molecule has 0 atom stereocenters. The highest BCUT2D eigenvalue weighted by Crippen LogP contribution is 2.45. The van der Waals surface area contributed by atoms with Gasteiger partial charge in [-0.1, -0.05) is 28.1 Å². The Hall–Kier alpha value is -1.99. The third kappa shape index (κ3) is 2.49. The van der Waals surface area contributed by atoms with Crippen LogP contribution in [0.2, 0.25) is 0 Å². The molecule has 1 aliphatic rings. The zero-order chi connectivity index (χ0) is 16.0. The van der Waals surface area contributed by atoms with Gasteiger partial charge in [0.05, 0.1) is 5.54 Å². The number of aromatic nitrogens is 2. The summed E-state index contributed by atoms with van der Waals surface area (Å²) in [6.45, 7) is 0. The van der Waals surface area contributed by atoms with Crippen molar-refractivity contribution in [3.63, 3.8) is 0 Å². The monoisotopic (exact) mass is 389 g/mol. The fourth-order valence-electron chi connectivity index (χ4n) is 2.64. The van der Waals surface area contributed by atoms with E-state index in [0.717, 1.165) is 22.9 Å². The zero-order valence-electron chi connectivity index (χ0n) is 12.0. The Bertz CT molecular complexity index is 957. The Kier molecular flexibility index (Phi) is 3.35. The minimum Gasteiger partial charge on any atom is -0.342 e. The summed E-state index contributed by atoms with van der Waals surface area (Å²) in [6, 6.07) is 7.89. The Labute approximate surface area is 144 Å². The summed E-state index contributed by atoms with van der Waals surface area (Å²) in [4.78, 5) is 29.7. The zero-order valence-corrected chi connectivity index (χ0v) is 14.4. The van der Waals surface area contributed by atoms with Gasteiger partial charge >= 0.3 is 0 Å². The molecular weight excluding hydrogens is 378 g/mol. The fraction of sp³-hybridized carbons (Fsp3) is 0.188. The molecule has 2 heterocycles. The summed E-state index contributed by atoms with van der Waals surface area (Å²) in [5, 5.41) is 4.79. The van der Waals surface area contributed by atoms with Crippen molar-refractivity contribution < 1.29 is 4.79 Å². The molecule has 0 radical (unpaired) electrons. The third-order valence-corrected chi connectivity index (χ3v) is 5.39. The van der Waals surface area contributed by atoms with Gasteiger partial charge in [-0.05, 0) is 30.5 Å². The second kappa shape index (κ2) is 5.28. The molecule has 0 aliphatic heterocycles. The Balaban J connectivity index is 1.65. The van der Waals surface area contributed by atoms with Crippen LogP contribution in [0.25, 0.3) is 4.96 Å². The van der Waals surface area contributed by atoms with E-state index in [-0.39, 0.29) is 22.6 Å².